The zero-order valence-corrected chi connectivity index (χ0v) is 27.6. The van der Waals surface area contributed by atoms with Crippen LogP contribution in [-0.4, -0.2) is 39.0 Å². The first kappa shape index (κ1) is 37.1. The fourth-order valence-electron chi connectivity index (χ4n) is 5.27. The van der Waals surface area contributed by atoms with Crippen LogP contribution < -0.4 is 0 Å². The molecule has 0 amide bonds. The second-order valence-corrected chi connectivity index (χ2v) is 13.8. The first-order valence-corrected chi connectivity index (χ1v) is 18.6. The summed E-state index contributed by atoms with van der Waals surface area (Å²) in [7, 11) is -3.44. The molecular weight excluding hydrogens is 514 g/mol. The number of unbranched alkanes of at least 4 members (excludes halogenated alkanes) is 19. The van der Waals surface area contributed by atoms with Crippen molar-refractivity contribution < 1.29 is 13.2 Å². The zero-order valence-electron chi connectivity index (χ0n) is 26.8. The van der Waals surface area contributed by atoms with Gasteiger partial charge in [-0.15, -0.1) is 0 Å². The molecule has 0 spiro atoms. The Morgan fingerprint density at radius 1 is 0.525 bits per heavy atom. The minimum absolute atomic E-state index is 0.434. The molecule has 0 saturated carbocycles. The Balaban J connectivity index is 2.28. The molecule has 0 bridgehead atoms. The molecule has 0 saturated heterocycles. The number of hydrogen-bond acceptors (Lipinski definition) is 3. The molecule has 0 aliphatic heterocycles. The number of nitrogens with zero attached hydrogens (tertiary/aromatic N) is 1. The maximum atomic E-state index is 13.4. The molecular formula is C35H65NO3S. The molecule has 5 heteroatoms. The van der Waals surface area contributed by atoms with Gasteiger partial charge in [0.1, 0.15) is 0 Å². The summed E-state index contributed by atoms with van der Waals surface area (Å²) in [5, 5.41) is 0. The molecule has 234 valence electrons. The third-order valence-electron chi connectivity index (χ3n) is 8.01. The average molecular weight is 580 g/mol. The van der Waals surface area contributed by atoms with Crippen molar-refractivity contribution in [2.45, 2.75) is 167 Å². The lowest BCUT2D eigenvalue weighted by Crippen LogP contribution is -2.33. The molecule has 0 radical (unpaired) electrons. The summed E-state index contributed by atoms with van der Waals surface area (Å²) in [4.78, 5) is 0.434. The molecule has 4 nitrogen and oxygen atoms in total. The Morgan fingerprint density at radius 2 is 0.875 bits per heavy atom. The highest BCUT2D eigenvalue weighted by Gasteiger charge is 2.23. The quantitative estimate of drug-likeness (QED) is 0.0887. The predicted molar refractivity (Wildman–Crippen MR) is 174 cm³/mol. The van der Waals surface area contributed by atoms with Gasteiger partial charge in [0.2, 0.25) is 10.0 Å². The molecule has 0 fully saturated rings. The molecule has 0 N–H and O–H groups in total. The third kappa shape index (κ3) is 19.3. The average Bonchev–Trinajstić information content (AvgIpc) is 2.95. The van der Waals surface area contributed by atoms with Gasteiger partial charge in [0.15, 0.2) is 0 Å². The summed E-state index contributed by atoms with van der Waals surface area (Å²) in [5.74, 6) is 0. The predicted octanol–water partition coefficient (Wildman–Crippen LogP) is 10.6. The topological polar surface area (TPSA) is 46.6 Å². The van der Waals surface area contributed by atoms with Crippen LogP contribution in [0.15, 0.2) is 29.2 Å². The Kier molecular flexibility index (Phi) is 23.9. The first-order chi connectivity index (χ1) is 19.5. The van der Waals surface area contributed by atoms with E-state index in [1.807, 2.05) is 19.1 Å². The highest BCUT2D eigenvalue weighted by Crippen LogP contribution is 2.19. The van der Waals surface area contributed by atoms with Crippen LogP contribution in [0.4, 0.5) is 0 Å². The van der Waals surface area contributed by atoms with Crippen molar-refractivity contribution in [2.75, 3.05) is 26.3 Å². The molecule has 1 aromatic rings. The largest absolute Gasteiger partial charge is 0.381 e. The molecule has 40 heavy (non-hydrogen) atoms. The fraction of sp³-hybridized carbons (Fsp3) is 0.829. The normalized spacial score (nSPS) is 12.0. The molecule has 0 heterocycles. The van der Waals surface area contributed by atoms with Crippen molar-refractivity contribution in [3.63, 3.8) is 0 Å². The van der Waals surface area contributed by atoms with E-state index in [2.05, 4.69) is 13.8 Å². The molecule has 0 aliphatic rings. The summed E-state index contributed by atoms with van der Waals surface area (Å²) >= 11 is 0. The monoisotopic (exact) mass is 579 g/mol. The van der Waals surface area contributed by atoms with E-state index in [1.54, 1.807) is 16.4 Å². The van der Waals surface area contributed by atoms with Crippen LogP contribution in [0.1, 0.15) is 161 Å². The van der Waals surface area contributed by atoms with Crippen molar-refractivity contribution in [3.8, 4) is 0 Å². The lowest BCUT2D eigenvalue weighted by molar-refractivity contribution is 0.125. The maximum Gasteiger partial charge on any atom is 0.243 e. The Labute approximate surface area is 250 Å². The van der Waals surface area contributed by atoms with E-state index < -0.39 is 10.0 Å². The molecule has 1 aromatic carbocycles. The highest BCUT2D eigenvalue weighted by molar-refractivity contribution is 7.89. The second kappa shape index (κ2) is 25.8. The van der Waals surface area contributed by atoms with Gasteiger partial charge in [0, 0.05) is 26.3 Å². The maximum absolute atomic E-state index is 13.4. The highest BCUT2D eigenvalue weighted by atomic mass is 32.2. The van der Waals surface area contributed by atoms with E-state index in [-0.39, 0.29) is 0 Å². The van der Waals surface area contributed by atoms with Crippen LogP contribution in [0.5, 0.6) is 0 Å². The van der Waals surface area contributed by atoms with E-state index in [1.165, 1.54) is 103 Å². The van der Waals surface area contributed by atoms with Gasteiger partial charge in [0.05, 0.1) is 4.90 Å². The lowest BCUT2D eigenvalue weighted by atomic mass is 10.1. The van der Waals surface area contributed by atoms with Gasteiger partial charge >= 0.3 is 0 Å². The summed E-state index contributed by atoms with van der Waals surface area (Å²) in [6, 6.07) is 7.35. The molecule has 0 aliphatic carbocycles. The van der Waals surface area contributed by atoms with E-state index in [0.29, 0.717) is 18.0 Å². The summed E-state index contributed by atoms with van der Waals surface area (Å²) < 4.78 is 34.4. The summed E-state index contributed by atoms with van der Waals surface area (Å²) in [6.07, 6.45) is 27.4. The van der Waals surface area contributed by atoms with Crippen LogP contribution >= 0.6 is 0 Å². The Morgan fingerprint density at radius 3 is 1.27 bits per heavy atom. The van der Waals surface area contributed by atoms with Gasteiger partial charge in [-0.05, 0) is 44.7 Å². The number of rotatable bonds is 29. The zero-order chi connectivity index (χ0) is 29.2. The Bertz CT molecular complexity index is 778. The van der Waals surface area contributed by atoms with Crippen molar-refractivity contribution in [2.24, 2.45) is 0 Å². The van der Waals surface area contributed by atoms with Crippen LogP contribution in [0.25, 0.3) is 0 Å². The standard InChI is InChI=1S/C35H65NO3S/c1-4-6-8-10-11-12-13-14-15-16-18-22-30-36(40(37,38)35-28-26-34(3)27-29-35)31-23-19-17-21-25-33-39-32-24-20-9-7-5-2/h26-29H,4-25,30-33H2,1-3H3. The molecule has 0 aromatic heterocycles. The van der Waals surface area contributed by atoms with Crippen LogP contribution in [0, 0.1) is 6.92 Å². The first-order valence-electron chi connectivity index (χ1n) is 17.2. The van der Waals surface area contributed by atoms with Gasteiger partial charge in [-0.3, -0.25) is 0 Å². The minimum Gasteiger partial charge on any atom is -0.381 e. The van der Waals surface area contributed by atoms with Crippen LogP contribution in [-0.2, 0) is 14.8 Å². The van der Waals surface area contributed by atoms with Crippen LogP contribution in [0.3, 0.4) is 0 Å². The van der Waals surface area contributed by atoms with E-state index in [4.69, 9.17) is 4.74 Å². The van der Waals surface area contributed by atoms with Crippen molar-refractivity contribution in [1.29, 1.82) is 0 Å². The smallest absolute Gasteiger partial charge is 0.243 e. The third-order valence-corrected chi connectivity index (χ3v) is 9.92. The number of benzene rings is 1. The molecule has 0 atom stereocenters. The van der Waals surface area contributed by atoms with Gasteiger partial charge in [0.25, 0.3) is 0 Å². The summed E-state index contributed by atoms with van der Waals surface area (Å²) in [5.41, 5.74) is 1.09. The van der Waals surface area contributed by atoms with Crippen LogP contribution in [0.2, 0.25) is 0 Å². The lowest BCUT2D eigenvalue weighted by Gasteiger charge is -2.22. The second-order valence-electron chi connectivity index (χ2n) is 11.9. The number of hydrogen-bond donors (Lipinski definition) is 0. The van der Waals surface area contributed by atoms with Gasteiger partial charge < -0.3 is 4.74 Å². The van der Waals surface area contributed by atoms with Gasteiger partial charge in [-0.2, -0.15) is 4.31 Å². The Hall–Kier alpha value is -0.910. The van der Waals surface area contributed by atoms with Crippen molar-refractivity contribution in [3.05, 3.63) is 29.8 Å². The van der Waals surface area contributed by atoms with Gasteiger partial charge in [-0.1, -0.05) is 147 Å². The van der Waals surface area contributed by atoms with Gasteiger partial charge in [-0.25, -0.2) is 8.42 Å². The van der Waals surface area contributed by atoms with Crippen molar-refractivity contribution in [1.82, 2.24) is 4.31 Å². The van der Waals surface area contributed by atoms with E-state index in [0.717, 1.165) is 57.3 Å². The number of aryl methyl sites for hydroxylation is 1. The SMILES string of the molecule is CCCCCCCCCCCCCCN(CCCCCCCOCCCCCCC)S(=O)(=O)c1ccc(C)cc1. The summed E-state index contributed by atoms with van der Waals surface area (Å²) in [6.45, 7) is 9.54. The van der Waals surface area contributed by atoms with E-state index in [9.17, 15) is 8.42 Å². The van der Waals surface area contributed by atoms with Crippen molar-refractivity contribution >= 4 is 10.0 Å². The molecule has 0 unspecified atom stereocenters. The fourth-order valence-corrected chi connectivity index (χ4v) is 6.79. The number of ether oxygens (including phenoxy) is 1. The minimum atomic E-state index is -3.44. The number of sulfonamides is 1. The van der Waals surface area contributed by atoms with E-state index >= 15 is 0 Å². The molecule has 1 rings (SSSR count).